The van der Waals surface area contributed by atoms with E-state index in [0.717, 1.165) is 0 Å². The van der Waals surface area contributed by atoms with E-state index in [1.54, 1.807) is 30.3 Å². The summed E-state index contributed by atoms with van der Waals surface area (Å²) in [5.74, 6) is 0. The number of rotatable bonds is 4. The van der Waals surface area contributed by atoms with Crippen molar-refractivity contribution >= 4 is 19.9 Å². The van der Waals surface area contributed by atoms with Gasteiger partial charge < -0.3 is 0 Å². The fraction of sp³-hybridized carbons (Fsp3) is 0.364. The standard InChI is InChI=1S/C11H13N3O3S2/c1-18(15,10-5-3-2-4-6-10)14-19(16,17)13-11(9-12)7-8-11/h2-6,13H,7-8H2,1H3. The maximum absolute atomic E-state index is 12.3. The molecule has 1 N–H and O–H groups in total. The molecule has 1 aromatic carbocycles. The zero-order valence-electron chi connectivity index (χ0n) is 10.2. The Labute approximate surface area is 112 Å². The third-order valence-electron chi connectivity index (χ3n) is 2.71. The van der Waals surface area contributed by atoms with Gasteiger partial charge in [-0.15, -0.1) is 0 Å². The second-order valence-electron chi connectivity index (χ2n) is 4.46. The molecule has 0 aromatic heterocycles. The largest absolute Gasteiger partial charge is 0.329 e. The van der Waals surface area contributed by atoms with Crippen LogP contribution in [-0.4, -0.2) is 24.4 Å². The summed E-state index contributed by atoms with van der Waals surface area (Å²) in [4.78, 5) is 0.335. The van der Waals surface area contributed by atoms with Gasteiger partial charge in [-0.1, -0.05) is 22.0 Å². The molecule has 8 heteroatoms. The minimum absolute atomic E-state index is 0.335. The Balaban J connectivity index is 2.35. The van der Waals surface area contributed by atoms with Gasteiger partial charge in [-0.2, -0.15) is 18.4 Å². The van der Waals surface area contributed by atoms with Crippen LogP contribution in [0.1, 0.15) is 12.8 Å². The highest BCUT2D eigenvalue weighted by atomic mass is 32.3. The quantitative estimate of drug-likeness (QED) is 0.897. The highest BCUT2D eigenvalue weighted by Gasteiger charge is 2.46. The summed E-state index contributed by atoms with van der Waals surface area (Å²) in [6.45, 7) is 0. The lowest BCUT2D eigenvalue weighted by atomic mass is 10.3. The van der Waals surface area contributed by atoms with E-state index in [-0.39, 0.29) is 0 Å². The zero-order valence-corrected chi connectivity index (χ0v) is 11.9. The third kappa shape index (κ3) is 3.32. The van der Waals surface area contributed by atoms with Crippen LogP contribution in [0.25, 0.3) is 0 Å². The first-order chi connectivity index (χ1) is 8.79. The molecule has 102 valence electrons. The summed E-state index contributed by atoms with van der Waals surface area (Å²) in [5, 5.41) is 8.85. The molecule has 1 aromatic rings. The molecule has 1 saturated carbocycles. The van der Waals surface area contributed by atoms with Crippen molar-refractivity contribution in [2.75, 3.05) is 6.26 Å². The predicted molar refractivity (Wildman–Crippen MR) is 70.8 cm³/mol. The van der Waals surface area contributed by atoms with Crippen molar-refractivity contribution in [3.05, 3.63) is 30.3 Å². The lowest BCUT2D eigenvalue weighted by molar-refractivity contribution is 0.573. The molecule has 6 nitrogen and oxygen atoms in total. The van der Waals surface area contributed by atoms with Gasteiger partial charge in [0.15, 0.2) is 0 Å². The Hall–Kier alpha value is -1.43. The van der Waals surface area contributed by atoms with Crippen LogP contribution in [0.15, 0.2) is 39.0 Å². The van der Waals surface area contributed by atoms with Crippen molar-refractivity contribution < 1.29 is 12.6 Å². The van der Waals surface area contributed by atoms with Crippen molar-refractivity contribution in [2.24, 2.45) is 3.77 Å². The highest BCUT2D eigenvalue weighted by Crippen LogP contribution is 2.35. The van der Waals surface area contributed by atoms with E-state index in [1.807, 2.05) is 6.07 Å². The van der Waals surface area contributed by atoms with Crippen LogP contribution < -0.4 is 4.72 Å². The Kier molecular flexibility index (Phi) is 3.38. The molecule has 0 saturated heterocycles. The maximum atomic E-state index is 12.3. The number of nitrogens with zero attached hydrogens (tertiary/aromatic N) is 2. The number of nitrogens with one attached hydrogen (secondary N) is 1. The fourth-order valence-corrected chi connectivity index (χ4v) is 4.93. The molecule has 1 fully saturated rings. The first-order valence-corrected chi connectivity index (χ1v) is 8.89. The molecule has 19 heavy (non-hydrogen) atoms. The Bertz CT molecular complexity index is 737. The Morgan fingerprint density at radius 3 is 2.32 bits per heavy atom. The third-order valence-corrected chi connectivity index (χ3v) is 6.43. The molecule has 0 amide bonds. The van der Waals surface area contributed by atoms with Gasteiger partial charge in [0.25, 0.3) is 0 Å². The van der Waals surface area contributed by atoms with Crippen molar-refractivity contribution in [3.63, 3.8) is 0 Å². The van der Waals surface area contributed by atoms with Crippen molar-refractivity contribution in [1.29, 1.82) is 5.26 Å². The van der Waals surface area contributed by atoms with Crippen LogP contribution >= 0.6 is 0 Å². The second kappa shape index (κ2) is 4.59. The minimum Gasteiger partial charge on any atom is -0.244 e. The van der Waals surface area contributed by atoms with Gasteiger partial charge in [-0.3, -0.25) is 0 Å². The van der Waals surface area contributed by atoms with Gasteiger partial charge >= 0.3 is 10.2 Å². The summed E-state index contributed by atoms with van der Waals surface area (Å²) in [7, 11) is -7.17. The van der Waals surface area contributed by atoms with Crippen LogP contribution in [0.5, 0.6) is 0 Å². The Morgan fingerprint density at radius 2 is 1.84 bits per heavy atom. The second-order valence-corrected chi connectivity index (χ2v) is 8.29. The molecule has 0 heterocycles. The Morgan fingerprint density at radius 1 is 1.26 bits per heavy atom. The molecule has 1 unspecified atom stereocenters. The first-order valence-electron chi connectivity index (χ1n) is 5.52. The first kappa shape index (κ1) is 14.0. The lowest BCUT2D eigenvalue weighted by Gasteiger charge is -2.08. The smallest absolute Gasteiger partial charge is 0.244 e. The topological polar surface area (TPSA) is 99.4 Å². The van der Waals surface area contributed by atoms with Gasteiger partial charge in [0.2, 0.25) is 0 Å². The predicted octanol–water partition coefficient (Wildman–Crippen LogP) is 1.03. The number of hydrogen-bond acceptors (Lipinski definition) is 4. The van der Waals surface area contributed by atoms with E-state index >= 15 is 0 Å². The molecular formula is C11H13N3O3S2. The van der Waals surface area contributed by atoms with Crippen LogP contribution in [0.2, 0.25) is 0 Å². The molecular weight excluding hydrogens is 286 g/mol. The van der Waals surface area contributed by atoms with Crippen molar-refractivity contribution in [2.45, 2.75) is 23.3 Å². The van der Waals surface area contributed by atoms with Gasteiger partial charge in [0.05, 0.1) is 15.8 Å². The van der Waals surface area contributed by atoms with E-state index in [2.05, 4.69) is 8.49 Å². The molecule has 0 bridgehead atoms. The van der Waals surface area contributed by atoms with E-state index in [0.29, 0.717) is 17.7 Å². The van der Waals surface area contributed by atoms with E-state index in [9.17, 15) is 12.6 Å². The van der Waals surface area contributed by atoms with Crippen molar-refractivity contribution in [1.82, 2.24) is 4.72 Å². The molecule has 1 aliphatic carbocycles. The molecule has 2 rings (SSSR count). The summed E-state index contributed by atoms with van der Waals surface area (Å²) in [5.41, 5.74) is -1.06. The number of benzene rings is 1. The number of hydrogen-bond donors (Lipinski definition) is 1. The molecule has 1 aliphatic rings. The lowest BCUT2D eigenvalue weighted by Crippen LogP contribution is -2.34. The highest BCUT2D eigenvalue weighted by molar-refractivity contribution is 8.02. The van der Waals surface area contributed by atoms with Crippen LogP contribution in [0, 0.1) is 11.3 Å². The average Bonchev–Trinajstić information content (AvgIpc) is 3.08. The molecule has 0 aliphatic heterocycles. The van der Waals surface area contributed by atoms with Gasteiger partial charge in [-0.25, -0.2) is 4.21 Å². The van der Waals surface area contributed by atoms with Gasteiger partial charge in [0.1, 0.15) is 5.54 Å². The SMILES string of the molecule is CS(=O)(=NS(=O)(=O)NC1(C#N)CC1)c1ccccc1. The summed E-state index contributed by atoms with van der Waals surface area (Å²) >= 11 is 0. The van der Waals surface area contributed by atoms with Crippen molar-refractivity contribution in [3.8, 4) is 6.07 Å². The van der Waals surface area contributed by atoms with Crippen LogP contribution in [0.4, 0.5) is 0 Å². The molecule has 1 atom stereocenters. The van der Waals surface area contributed by atoms with E-state index < -0.39 is 25.5 Å². The summed E-state index contributed by atoms with van der Waals surface area (Å²) in [6.07, 6.45) is 2.16. The zero-order chi connectivity index (χ0) is 14.1. The van der Waals surface area contributed by atoms with Crippen LogP contribution in [0.3, 0.4) is 0 Å². The summed E-state index contributed by atoms with van der Waals surface area (Å²) in [6, 6.07) is 10.1. The molecule has 0 spiro atoms. The minimum atomic E-state index is -4.12. The fourth-order valence-electron chi connectivity index (χ4n) is 1.53. The normalized spacial score (nSPS) is 20.0. The molecule has 0 radical (unpaired) electrons. The van der Waals surface area contributed by atoms with E-state index in [1.165, 1.54) is 6.26 Å². The number of nitriles is 1. The van der Waals surface area contributed by atoms with Gasteiger partial charge in [-0.05, 0) is 25.0 Å². The van der Waals surface area contributed by atoms with Crippen LogP contribution in [-0.2, 0) is 19.9 Å². The van der Waals surface area contributed by atoms with Gasteiger partial charge in [0, 0.05) is 11.2 Å². The van der Waals surface area contributed by atoms with E-state index in [4.69, 9.17) is 5.26 Å². The average molecular weight is 299 g/mol. The monoisotopic (exact) mass is 299 g/mol. The summed E-state index contributed by atoms with van der Waals surface area (Å²) < 4.78 is 41.6. The maximum Gasteiger partial charge on any atom is 0.329 e.